The highest BCUT2D eigenvalue weighted by Crippen LogP contribution is 2.18. The highest BCUT2D eigenvalue weighted by Gasteiger charge is 2.14. The minimum absolute atomic E-state index is 0.158. The topological polar surface area (TPSA) is 117 Å². The van der Waals surface area contributed by atoms with Crippen molar-refractivity contribution in [3.8, 4) is 11.8 Å². The molecule has 1 aliphatic rings. The van der Waals surface area contributed by atoms with E-state index in [1.807, 2.05) is 0 Å². The van der Waals surface area contributed by atoms with E-state index in [0.29, 0.717) is 12.3 Å². The van der Waals surface area contributed by atoms with Crippen LogP contribution in [0.5, 0.6) is 5.75 Å². The molecule has 1 saturated heterocycles. The molecule has 1 aliphatic heterocycles. The summed E-state index contributed by atoms with van der Waals surface area (Å²) in [4.78, 5) is 0. The minimum atomic E-state index is -0.373. The Bertz CT molecular complexity index is 571. The van der Waals surface area contributed by atoms with Gasteiger partial charge in [-0.2, -0.15) is 10.4 Å². The third kappa shape index (κ3) is 4.75. The van der Waals surface area contributed by atoms with Crippen molar-refractivity contribution in [1.29, 1.82) is 10.7 Å². The van der Waals surface area contributed by atoms with Crippen LogP contribution in [-0.4, -0.2) is 30.9 Å². The summed E-state index contributed by atoms with van der Waals surface area (Å²) in [6, 6.07) is 8.90. The number of amidine groups is 1. The van der Waals surface area contributed by atoms with Crippen LogP contribution in [0.2, 0.25) is 0 Å². The van der Waals surface area contributed by atoms with Crippen molar-refractivity contribution < 1.29 is 9.47 Å². The molecule has 1 atom stereocenters. The number of nitriles is 1. The van der Waals surface area contributed by atoms with E-state index in [-0.39, 0.29) is 17.7 Å². The summed E-state index contributed by atoms with van der Waals surface area (Å²) in [6.45, 7) is 1.36. The quantitative estimate of drug-likeness (QED) is 0.421. The Morgan fingerprint density at radius 2 is 2.23 bits per heavy atom. The Labute approximate surface area is 129 Å². The Balaban J connectivity index is 1.85. The average molecular weight is 301 g/mol. The second kappa shape index (κ2) is 8.00. The Kier molecular flexibility index (Phi) is 5.74. The summed E-state index contributed by atoms with van der Waals surface area (Å²) in [5, 5.41) is 19.7. The zero-order chi connectivity index (χ0) is 15.8. The van der Waals surface area contributed by atoms with Gasteiger partial charge in [0.05, 0.1) is 11.8 Å². The maximum Gasteiger partial charge on any atom is 0.201 e. The molecule has 1 aromatic rings. The molecule has 1 heterocycles. The zero-order valence-electron chi connectivity index (χ0n) is 12.2. The fraction of sp³-hybridized carbons (Fsp3) is 0.400. The van der Waals surface area contributed by atoms with Gasteiger partial charge in [-0.25, -0.2) is 0 Å². The fourth-order valence-corrected chi connectivity index (χ4v) is 2.02. The monoisotopic (exact) mass is 301 g/mol. The van der Waals surface area contributed by atoms with Crippen molar-refractivity contribution in [2.24, 2.45) is 10.8 Å². The van der Waals surface area contributed by atoms with Crippen molar-refractivity contribution in [1.82, 2.24) is 0 Å². The molecule has 0 aromatic heterocycles. The molecule has 22 heavy (non-hydrogen) atoms. The minimum Gasteiger partial charge on any atom is -0.491 e. The first-order valence-corrected chi connectivity index (χ1v) is 7.11. The lowest BCUT2D eigenvalue weighted by molar-refractivity contribution is -0.0110. The van der Waals surface area contributed by atoms with Crippen molar-refractivity contribution in [3.05, 3.63) is 24.3 Å². The lowest BCUT2D eigenvalue weighted by atomic mass is 10.1. The number of hydrogen-bond acceptors (Lipinski definition) is 6. The van der Waals surface area contributed by atoms with Crippen molar-refractivity contribution >= 4 is 17.2 Å². The summed E-state index contributed by atoms with van der Waals surface area (Å²) < 4.78 is 11.3. The summed E-state index contributed by atoms with van der Waals surface area (Å²) >= 11 is 0. The van der Waals surface area contributed by atoms with Crippen LogP contribution in [0, 0.1) is 16.7 Å². The van der Waals surface area contributed by atoms with E-state index < -0.39 is 0 Å². The molecule has 1 aromatic carbocycles. The maximum atomic E-state index is 8.74. The molecule has 0 radical (unpaired) electrons. The first kappa shape index (κ1) is 15.8. The normalized spacial score (nSPS) is 18.3. The van der Waals surface area contributed by atoms with Gasteiger partial charge in [0.1, 0.15) is 18.4 Å². The third-order valence-corrected chi connectivity index (χ3v) is 3.22. The number of nitrogens with two attached hydrogens (primary N) is 1. The number of benzene rings is 1. The molecule has 116 valence electrons. The van der Waals surface area contributed by atoms with Crippen LogP contribution in [0.25, 0.3) is 0 Å². The SMILES string of the molecule is N#C/C(=N\Nc1ccc(OCC2CCCCO2)cc1)C(=N)N. The Hall–Kier alpha value is -2.59. The number of anilines is 1. The number of nitrogens with one attached hydrogen (secondary N) is 2. The van der Waals surface area contributed by atoms with Crippen LogP contribution in [0.4, 0.5) is 5.69 Å². The van der Waals surface area contributed by atoms with Gasteiger partial charge in [0.25, 0.3) is 0 Å². The predicted molar refractivity (Wildman–Crippen MR) is 84.1 cm³/mol. The van der Waals surface area contributed by atoms with Crippen LogP contribution < -0.4 is 15.9 Å². The lowest BCUT2D eigenvalue weighted by Crippen LogP contribution is -2.25. The first-order valence-electron chi connectivity index (χ1n) is 7.11. The molecule has 1 fully saturated rings. The third-order valence-electron chi connectivity index (χ3n) is 3.22. The molecule has 0 spiro atoms. The van der Waals surface area contributed by atoms with E-state index in [1.165, 1.54) is 6.42 Å². The van der Waals surface area contributed by atoms with Crippen LogP contribution in [0.3, 0.4) is 0 Å². The molecule has 7 nitrogen and oxygen atoms in total. The molecule has 7 heteroatoms. The van der Waals surface area contributed by atoms with Gasteiger partial charge >= 0.3 is 0 Å². The number of hydrogen-bond donors (Lipinski definition) is 3. The molecule has 0 bridgehead atoms. The fourth-order valence-electron chi connectivity index (χ4n) is 2.02. The number of hydrazone groups is 1. The summed E-state index contributed by atoms with van der Waals surface area (Å²) in [7, 11) is 0. The smallest absolute Gasteiger partial charge is 0.201 e. The van der Waals surface area contributed by atoms with Gasteiger partial charge < -0.3 is 15.2 Å². The van der Waals surface area contributed by atoms with Crippen LogP contribution in [0.15, 0.2) is 29.4 Å². The van der Waals surface area contributed by atoms with Gasteiger partial charge in [-0.3, -0.25) is 10.8 Å². The summed E-state index contributed by atoms with van der Waals surface area (Å²) in [6.07, 6.45) is 3.52. The second-order valence-corrected chi connectivity index (χ2v) is 4.92. The van der Waals surface area contributed by atoms with E-state index in [2.05, 4.69) is 10.5 Å². The molecular formula is C15H19N5O2. The van der Waals surface area contributed by atoms with Gasteiger partial charge in [0.2, 0.25) is 5.71 Å². The first-order chi connectivity index (χ1) is 10.7. The van der Waals surface area contributed by atoms with Crippen LogP contribution in [-0.2, 0) is 4.74 Å². The molecule has 0 aliphatic carbocycles. The molecule has 4 N–H and O–H groups in total. The van der Waals surface area contributed by atoms with Gasteiger partial charge in [0.15, 0.2) is 5.84 Å². The highest BCUT2D eigenvalue weighted by atomic mass is 16.5. The van der Waals surface area contributed by atoms with E-state index in [0.717, 1.165) is 25.2 Å². The molecule has 2 rings (SSSR count). The number of ether oxygens (including phenoxy) is 2. The van der Waals surface area contributed by atoms with Gasteiger partial charge in [-0.1, -0.05) is 0 Å². The predicted octanol–water partition coefficient (Wildman–Crippen LogP) is 1.86. The number of nitrogens with zero attached hydrogens (tertiary/aromatic N) is 2. The van der Waals surface area contributed by atoms with E-state index in [4.69, 9.17) is 25.9 Å². The van der Waals surface area contributed by atoms with Gasteiger partial charge in [-0.15, -0.1) is 0 Å². The van der Waals surface area contributed by atoms with E-state index >= 15 is 0 Å². The highest BCUT2D eigenvalue weighted by molar-refractivity contribution is 6.45. The van der Waals surface area contributed by atoms with Crippen molar-refractivity contribution in [2.75, 3.05) is 18.6 Å². The maximum absolute atomic E-state index is 8.74. The molecular weight excluding hydrogens is 282 g/mol. The van der Waals surface area contributed by atoms with E-state index in [1.54, 1.807) is 30.3 Å². The standard InChI is InChI=1S/C15H19N5O2/c16-9-14(15(17)18)20-19-11-4-6-12(7-5-11)22-10-13-3-1-2-8-21-13/h4-7,13,19H,1-3,8,10H2,(H3,17,18)/b20-14+. The average Bonchev–Trinajstić information content (AvgIpc) is 2.55. The van der Waals surface area contributed by atoms with Gasteiger partial charge in [-0.05, 0) is 43.5 Å². The van der Waals surface area contributed by atoms with Crippen molar-refractivity contribution in [2.45, 2.75) is 25.4 Å². The lowest BCUT2D eigenvalue weighted by Gasteiger charge is -2.22. The zero-order valence-corrected chi connectivity index (χ0v) is 12.2. The van der Waals surface area contributed by atoms with Gasteiger partial charge in [0, 0.05) is 6.61 Å². The Morgan fingerprint density at radius 1 is 1.45 bits per heavy atom. The molecule has 0 amide bonds. The Morgan fingerprint density at radius 3 is 2.82 bits per heavy atom. The van der Waals surface area contributed by atoms with Crippen LogP contribution in [0.1, 0.15) is 19.3 Å². The second-order valence-electron chi connectivity index (χ2n) is 4.92. The van der Waals surface area contributed by atoms with E-state index in [9.17, 15) is 0 Å². The molecule has 1 unspecified atom stereocenters. The number of rotatable bonds is 6. The largest absolute Gasteiger partial charge is 0.491 e. The summed E-state index contributed by atoms with van der Waals surface area (Å²) in [5.74, 6) is 0.373. The van der Waals surface area contributed by atoms with Crippen molar-refractivity contribution in [3.63, 3.8) is 0 Å². The summed E-state index contributed by atoms with van der Waals surface area (Å²) in [5.41, 5.74) is 8.40. The van der Waals surface area contributed by atoms with Crippen LogP contribution >= 0.6 is 0 Å². The molecule has 0 saturated carbocycles.